The lowest BCUT2D eigenvalue weighted by Gasteiger charge is -2.15. The lowest BCUT2D eigenvalue weighted by Crippen LogP contribution is -2.25. The summed E-state index contributed by atoms with van der Waals surface area (Å²) in [7, 11) is 0. The Kier molecular flexibility index (Phi) is 6.30. The summed E-state index contributed by atoms with van der Waals surface area (Å²) >= 11 is 0. The summed E-state index contributed by atoms with van der Waals surface area (Å²) in [6.45, 7) is 6.19. The maximum atomic E-state index is 13.2. The Balaban J connectivity index is 2.11. The van der Waals surface area contributed by atoms with E-state index in [4.69, 9.17) is 4.42 Å². The van der Waals surface area contributed by atoms with E-state index in [0.29, 0.717) is 23.2 Å². The molecular weight excluding hydrogens is 350 g/mol. The van der Waals surface area contributed by atoms with E-state index in [1.807, 2.05) is 24.3 Å². The number of benzene rings is 2. The van der Waals surface area contributed by atoms with Crippen molar-refractivity contribution in [2.24, 2.45) is 0 Å². The lowest BCUT2D eigenvalue weighted by molar-refractivity contribution is 0.102. The average Bonchev–Trinajstić information content (AvgIpc) is 2.72. The Bertz CT molecular complexity index is 1030. The van der Waals surface area contributed by atoms with Gasteiger partial charge in [0.05, 0.1) is 5.39 Å². The number of carbonyl (C=O) groups is 1. The molecule has 0 unspecified atom stereocenters. The van der Waals surface area contributed by atoms with Gasteiger partial charge in [-0.1, -0.05) is 57.5 Å². The topological polar surface area (TPSA) is 59.3 Å². The van der Waals surface area contributed by atoms with Crippen LogP contribution < -0.4 is 10.7 Å². The molecule has 0 spiro atoms. The molecule has 0 saturated carbocycles. The van der Waals surface area contributed by atoms with Crippen LogP contribution in [-0.4, -0.2) is 5.91 Å². The summed E-state index contributed by atoms with van der Waals surface area (Å²) in [6.07, 6.45) is 3.98. The van der Waals surface area contributed by atoms with Gasteiger partial charge in [0.2, 0.25) is 5.43 Å². The summed E-state index contributed by atoms with van der Waals surface area (Å²) in [4.78, 5) is 26.4. The zero-order valence-corrected chi connectivity index (χ0v) is 16.8. The van der Waals surface area contributed by atoms with Gasteiger partial charge >= 0.3 is 0 Å². The minimum Gasteiger partial charge on any atom is -0.460 e. The van der Waals surface area contributed by atoms with Crippen molar-refractivity contribution in [1.82, 2.24) is 0 Å². The molecule has 0 aliphatic rings. The largest absolute Gasteiger partial charge is 0.460 e. The minimum absolute atomic E-state index is 0.125. The van der Waals surface area contributed by atoms with Crippen LogP contribution in [0.4, 0.5) is 5.69 Å². The number of rotatable bonds is 7. The first-order chi connectivity index (χ1) is 13.6. The number of anilines is 1. The molecule has 4 heteroatoms. The zero-order chi connectivity index (χ0) is 20.1. The van der Waals surface area contributed by atoms with Crippen LogP contribution >= 0.6 is 0 Å². The third kappa shape index (κ3) is 3.86. The number of nitrogens with one attached hydrogen (secondary N) is 1. The third-order valence-corrected chi connectivity index (χ3v) is 5.09. The van der Waals surface area contributed by atoms with Gasteiger partial charge in [-0.2, -0.15) is 0 Å². The molecule has 0 radical (unpaired) electrons. The van der Waals surface area contributed by atoms with Crippen LogP contribution in [0.15, 0.2) is 51.7 Å². The highest BCUT2D eigenvalue weighted by Gasteiger charge is 2.22. The van der Waals surface area contributed by atoms with Crippen LogP contribution in [0.5, 0.6) is 0 Å². The van der Waals surface area contributed by atoms with Crippen LogP contribution in [0.2, 0.25) is 0 Å². The predicted octanol–water partition coefficient (Wildman–Crippen LogP) is 5.51. The minimum atomic E-state index is -0.388. The molecule has 0 saturated heterocycles. The van der Waals surface area contributed by atoms with E-state index < -0.39 is 0 Å². The van der Waals surface area contributed by atoms with Gasteiger partial charge in [-0.25, -0.2) is 0 Å². The second kappa shape index (κ2) is 8.87. The van der Waals surface area contributed by atoms with Gasteiger partial charge in [0.1, 0.15) is 16.9 Å². The van der Waals surface area contributed by atoms with E-state index in [1.54, 1.807) is 18.2 Å². The smallest absolute Gasteiger partial charge is 0.263 e. The summed E-state index contributed by atoms with van der Waals surface area (Å²) in [5, 5.41) is 3.46. The van der Waals surface area contributed by atoms with Gasteiger partial charge in [-0.05, 0) is 42.5 Å². The second-order valence-electron chi connectivity index (χ2n) is 6.94. The standard InChI is InChI=1S/C24H27NO3/c1-4-7-14-20-21(23(26)18-13-8-9-15-19(18)28-20)24(27)25-22-16(5-2)11-10-12-17(22)6-3/h8-13,15H,4-7,14H2,1-3H3,(H,25,27). The van der Waals surface area contributed by atoms with Gasteiger partial charge in [0.25, 0.3) is 5.91 Å². The number of hydrogen-bond donors (Lipinski definition) is 1. The van der Waals surface area contributed by atoms with Crippen molar-refractivity contribution in [1.29, 1.82) is 0 Å². The molecule has 0 aliphatic carbocycles. The van der Waals surface area contributed by atoms with Gasteiger partial charge in [-0.3, -0.25) is 9.59 Å². The number of aryl methyl sites for hydroxylation is 3. The van der Waals surface area contributed by atoms with Crippen LogP contribution in [0.25, 0.3) is 11.0 Å². The molecule has 0 atom stereocenters. The first kappa shape index (κ1) is 19.9. The van der Waals surface area contributed by atoms with E-state index in [-0.39, 0.29) is 16.9 Å². The van der Waals surface area contributed by atoms with E-state index in [0.717, 1.165) is 42.5 Å². The first-order valence-corrected chi connectivity index (χ1v) is 10.1. The van der Waals surface area contributed by atoms with Crippen molar-refractivity contribution in [3.63, 3.8) is 0 Å². The highest BCUT2D eigenvalue weighted by molar-refractivity contribution is 6.07. The highest BCUT2D eigenvalue weighted by atomic mass is 16.3. The van der Waals surface area contributed by atoms with Crippen molar-refractivity contribution in [3.8, 4) is 0 Å². The summed E-state index contributed by atoms with van der Waals surface area (Å²) in [5.41, 5.74) is 3.32. The van der Waals surface area contributed by atoms with Crippen molar-refractivity contribution in [2.45, 2.75) is 52.9 Å². The van der Waals surface area contributed by atoms with Crippen LogP contribution in [0, 0.1) is 0 Å². The average molecular weight is 377 g/mol. The Morgan fingerprint density at radius 3 is 2.29 bits per heavy atom. The van der Waals surface area contributed by atoms with E-state index in [9.17, 15) is 9.59 Å². The molecule has 28 heavy (non-hydrogen) atoms. The molecule has 0 fully saturated rings. The van der Waals surface area contributed by atoms with Crippen LogP contribution in [0.1, 0.15) is 60.9 Å². The number of unbranched alkanes of at least 4 members (excludes halogenated alkanes) is 1. The van der Waals surface area contributed by atoms with Gasteiger partial charge in [0.15, 0.2) is 0 Å². The predicted molar refractivity (Wildman–Crippen MR) is 114 cm³/mol. The molecule has 4 nitrogen and oxygen atoms in total. The number of para-hydroxylation sites is 2. The lowest BCUT2D eigenvalue weighted by atomic mass is 10.0. The van der Waals surface area contributed by atoms with Gasteiger partial charge in [0, 0.05) is 12.1 Å². The molecule has 2 aromatic carbocycles. The van der Waals surface area contributed by atoms with Gasteiger partial charge in [-0.15, -0.1) is 0 Å². The molecule has 146 valence electrons. The SMILES string of the molecule is CCCCc1oc2ccccc2c(=O)c1C(=O)Nc1c(CC)cccc1CC. The van der Waals surface area contributed by atoms with E-state index in [1.165, 1.54) is 0 Å². The fraction of sp³-hybridized carbons (Fsp3) is 0.333. The Morgan fingerprint density at radius 1 is 0.964 bits per heavy atom. The normalized spacial score (nSPS) is 11.0. The Hall–Kier alpha value is -2.88. The van der Waals surface area contributed by atoms with Gasteiger partial charge < -0.3 is 9.73 Å². The maximum absolute atomic E-state index is 13.2. The Morgan fingerprint density at radius 2 is 1.64 bits per heavy atom. The summed E-state index contributed by atoms with van der Waals surface area (Å²) < 4.78 is 5.99. The fourth-order valence-corrected chi connectivity index (χ4v) is 3.51. The zero-order valence-electron chi connectivity index (χ0n) is 16.8. The summed E-state index contributed by atoms with van der Waals surface area (Å²) in [6, 6.07) is 13.1. The number of amides is 1. The van der Waals surface area contributed by atoms with E-state index >= 15 is 0 Å². The number of hydrogen-bond acceptors (Lipinski definition) is 3. The maximum Gasteiger partial charge on any atom is 0.263 e. The number of fused-ring (bicyclic) bond motifs is 1. The molecule has 1 aromatic heterocycles. The summed E-state index contributed by atoms with van der Waals surface area (Å²) in [5.74, 6) is 0.0799. The molecule has 1 heterocycles. The van der Waals surface area contributed by atoms with Crippen LogP contribution in [-0.2, 0) is 19.3 Å². The Labute approximate surface area is 165 Å². The molecule has 1 amide bonds. The van der Waals surface area contributed by atoms with E-state index in [2.05, 4.69) is 26.1 Å². The third-order valence-electron chi connectivity index (χ3n) is 5.09. The molecular formula is C24H27NO3. The first-order valence-electron chi connectivity index (χ1n) is 10.1. The van der Waals surface area contributed by atoms with Crippen molar-refractivity contribution in [3.05, 3.63) is 75.1 Å². The monoisotopic (exact) mass is 377 g/mol. The quantitative estimate of drug-likeness (QED) is 0.590. The van der Waals surface area contributed by atoms with Crippen molar-refractivity contribution < 1.29 is 9.21 Å². The molecule has 0 aliphatic heterocycles. The molecule has 3 aromatic rings. The van der Waals surface area contributed by atoms with Crippen molar-refractivity contribution >= 4 is 22.6 Å². The van der Waals surface area contributed by atoms with Crippen molar-refractivity contribution in [2.75, 3.05) is 5.32 Å². The second-order valence-corrected chi connectivity index (χ2v) is 6.94. The number of carbonyl (C=O) groups excluding carboxylic acids is 1. The molecule has 1 N–H and O–H groups in total. The fourth-order valence-electron chi connectivity index (χ4n) is 3.51. The van der Waals surface area contributed by atoms with Crippen LogP contribution in [0.3, 0.4) is 0 Å². The molecule has 0 bridgehead atoms. The highest BCUT2D eigenvalue weighted by Crippen LogP contribution is 2.24. The molecule has 3 rings (SSSR count).